The average molecular weight is 289 g/mol. The molecule has 0 radical (unpaired) electrons. The van der Waals surface area contributed by atoms with Crippen LogP contribution in [0.15, 0.2) is 22.1 Å². The molecule has 0 N–H and O–H groups in total. The largest absolute Gasteiger partial charge is 0.462 e. The van der Waals surface area contributed by atoms with E-state index in [1.165, 1.54) is 25.3 Å². The van der Waals surface area contributed by atoms with E-state index in [4.69, 9.17) is 14.4 Å². The van der Waals surface area contributed by atoms with Gasteiger partial charge >= 0.3 is 5.97 Å². The van der Waals surface area contributed by atoms with E-state index in [0.717, 1.165) is 25.0 Å². The van der Waals surface area contributed by atoms with Gasteiger partial charge in [-0.2, -0.15) is 5.26 Å². The zero-order valence-electron chi connectivity index (χ0n) is 12.9. The standard InChI is InChI=1S/C17H23NO3/c1-3-4-5-6-7-8-11-20-17(19)15(13-18)12-16-10-9-14(2)21-16/h9-10,12H,3-8,11H2,1-2H3/b15-12+. The molecule has 0 aliphatic heterocycles. The molecule has 1 aromatic heterocycles. The minimum atomic E-state index is -0.583. The van der Waals surface area contributed by atoms with Crippen molar-refractivity contribution >= 4 is 12.0 Å². The Kier molecular flexibility index (Phi) is 7.96. The van der Waals surface area contributed by atoms with Crippen LogP contribution in [-0.2, 0) is 9.53 Å². The zero-order chi connectivity index (χ0) is 15.5. The van der Waals surface area contributed by atoms with Crippen molar-refractivity contribution < 1.29 is 13.9 Å². The molecule has 0 unspecified atom stereocenters. The molecule has 1 rings (SSSR count). The van der Waals surface area contributed by atoms with Crippen LogP contribution in [0.4, 0.5) is 0 Å². The van der Waals surface area contributed by atoms with Gasteiger partial charge in [-0.3, -0.25) is 0 Å². The highest BCUT2D eigenvalue weighted by Gasteiger charge is 2.11. The van der Waals surface area contributed by atoms with Crippen molar-refractivity contribution in [1.82, 2.24) is 0 Å². The van der Waals surface area contributed by atoms with Crippen LogP contribution in [0.1, 0.15) is 57.0 Å². The van der Waals surface area contributed by atoms with E-state index < -0.39 is 5.97 Å². The number of aryl methyl sites for hydroxylation is 1. The predicted octanol–water partition coefficient (Wildman–Crippen LogP) is 4.40. The van der Waals surface area contributed by atoms with Crippen molar-refractivity contribution in [2.45, 2.75) is 52.4 Å². The normalized spacial score (nSPS) is 11.2. The van der Waals surface area contributed by atoms with E-state index in [0.29, 0.717) is 12.4 Å². The second kappa shape index (κ2) is 9.82. The lowest BCUT2D eigenvalue weighted by Crippen LogP contribution is -2.07. The number of carbonyl (C=O) groups is 1. The predicted molar refractivity (Wildman–Crippen MR) is 81.4 cm³/mol. The number of furan rings is 1. The average Bonchev–Trinajstić information content (AvgIpc) is 2.89. The molecular weight excluding hydrogens is 266 g/mol. The molecule has 0 bridgehead atoms. The maximum atomic E-state index is 11.8. The Balaban J connectivity index is 2.32. The highest BCUT2D eigenvalue weighted by molar-refractivity contribution is 5.97. The lowest BCUT2D eigenvalue weighted by atomic mass is 10.1. The van der Waals surface area contributed by atoms with Crippen molar-refractivity contribution in [3.05, 3.63) is 29.2 Å². The van der Waals surface area contributed by atoms with Gasteiger partial charge in [0.1, 0.15) is 23.2 Å². The van der Waals surface area contributed by atoms with Gasteiger partial charge in [0.2, 0.25) is 0 Å². The summed E-state index contributed by atoms with van der Waals surface area (Å²) in [5.41, 5.74) is -0.0321. The monoisotopic (exact) mass is 289 g/mol. The summed E-state index contributed by atoms with van der Waals surface area (Å²) in [6, 6.07) is 5.35. The van der Waals surface area contributed by atoms with Crippen LogP contribution in [0.5, 0.6) is 0 Å². The molecule has 0 spiro atoms. The number of rotatable bonds is 9. The Morgan fingerprint density at radius 1 is 1.29 bits per heavy atom. The number of carbonyl (C=O) groups excluding carboxylic acids is 1. The van der Waals surface area contributed by atoms with Crippen molar-refractivity contribution in [3.63, 3.8) is 0 Å². The van der Waals surface area contributed by atoms with E-state index in [1.54, 1.807) is 19.1 Å². The fraction of sp³-hybridized carbons (Fsp3) is 0.529. The summed E-state index contributed by atoms with van der Waals surface area (Å²) in [7, 11) is 0. The molecule has 0 aliphatic carbocycles. The quantitative estimate of drug-likeness (QED) is 0.292. The third-order valence-electron chi connectivity index (χ3n) is 3.12. The third-order valence-corrected chi connectivity index (χ3v) is 3.12. The van der Waals surface area contributed by atoms with Crippen LogP contribution in [0.3, 0.4) is 0 Å². The van der Waals surface area contributed by atoms with Gasteiger partial charge in [0, 0.05) is 6.08 Å². The highest BCUT2D eigenvalue weighted by Crippen LogP contribution is 2.12. The Morgan fingerprint density at radius 3 is 2.62 bits per heavy atom. The first-order chi connectivity index (χ1) is 10.2. The molecule has 114 valence electrons. The third kappa shape index (κ3) is 6.80. The summed E-state index contributed by atoms with van der Waals surface area (Å²) < 4.78 is 10.4. The van der Waals surface area contributed by atoms with E-state index in [1.807, 2.05) is 6.07 Å². The van der Waals surface area contributed by atoms with Crippen LogP contribution in [0.25, 0.3) is 6.08 Å². The molecule has 0 amide bonds. The summed E-state index contributed by atoms with van der Waals surface area (Å²) in [5.74, 6) is 0.639. The minimum absolute atomic E-state index is 0.0321. The second-order valence-corrected chi connectivity index (χ2v) is 5.02. The number of esters is 1. The lowest BCUT2D eigenvalue weighted by Gasteiger charge is -2.03. The second-order valence-electron chi connectivity index (χ2n) is 5.02. The highest BCUT2D eigenvalue weighted by atomic mass is 16.5. The summed E-state index contributed by atoms with van der Waals surface area (Å²) in [4.78, 5) is 11.8. The maximum absolute atomic E-state index is 11.8. The van der Waals surface area contributed by atoms with E-state index in [2.05, 4.69) is 6.92 Å². The molecule has 4 heteroatoms. The number of hydrogen-bond acceptors (Lipinski definition) is 4. The molecule has 4 nitrogen and oxygen atoms in total. The van der Waals surface area contributed by atoms with Gasteiger partial charge in [-0.15, -0.1) is 0 Å². The first-order valence-corrected chi connectivity index (χ1v) is 7.52. The molecule has 0 aromatic carbocycles. The van der Waals surface area contributed by atoms with Crippen LogP contribution < -0.4 is 0 Å². The Labute approximate surface area is 126 Å². The molecule has 1 heterocycles. The number of hydrogen-bond donors (Lipinski definition) is 0. The molecule has 0 saturated carbocycles. The SMILES string of the molecule is CCCCCCCCOC(=O)/C(C#N)=C/c1ccc(C)o1. The molecule has 21 heavy (non-hydrogen) atoms. The van der Waals surface area contributed by atoms with E-state index in [9.17, 15) is 4.79 Å². The molecule has 0 saturated heterocycles. The topological polar surface area (TPSA) is 63.2 Å². The van der Waals surface area contributed by atoms with Crippen LogP contribution in [0, 0.1) is 18.3 Å². The smallest absolute Gasteiger partial charge is 0.349 e. The van der Waals surface area contributed by atoms with Gasteiger partial charge in [0.15, 0.2) is 0 Å². The Morgan fingerprint density at radius 2 is 2.00 bits per heavy atom. The van der Waals surface area contributed by atoms with Gasteiger partial charge in [-0.1, -0.05) is 39.0 Å². The lowest BCUT2D eigenvalue weighted by molar-refractivity contribution is -0.138. The minimum Gasteiger partial charge on any atom is -0.462 e. The zero-order valence-corrected chi connectivity index (χ0v) is 12.9. The van der Waals surface area contributed by atoms with E-state index >= 15 is 0 Å². The molecule has 0 atom stereocenters. The molecule has 0 fully saturated rings. The van der Waals surface area contributed by atoms with Crippen molar-refractivity contribution in [1.29, 1.82) is 5.26 Å². The van der Waals surface area contributed by atoms with Crippen LogP contribution in [0.2, 0.25) is 0 Å². The number of nitrogens with zero attached hydrogens (tertiary/aromatic N) is 1. The van der Waals surface area contributed by atoms with Gasteiger partial charge < -0.3 is 9.15 Å². The molecule has 0 aliphatic rings. The first kappa shape index (κ1) is 17.0. The van der Waals surface area contributed by atoms with E-state index in [-0.39, 0.29) is 5.57 Å². The summed E-state index contributed by atoms with van der Waals surface area (Å²) >= 11 is 0. The fourth-order valence-corrected chi connectivity index (χ4v) is 1.94. The maximum Gasteiger partial charge on any atom is 0.349 e. The van der Waals surface area contributed by atoms with Crippen LogP contribution >= 0.6 is 0 Å². The number of unbranched alkanes of at least 4 members (excludes halogenated alkanes) is 5. The Hall–Kier alpha value is -2.02. The summed E-state index contributed by atoms with van der Waals surface area (Å²) in [6.45, 7) is 4.35. The van der Waals surface area contributed by atoms with Crippen molar-refractivity contribution in [2.75, 3.05) is 6.61 Å². The molecular formula is C17H23NO3. The number of ether oxygens (including phenoxy) is 1. The van der Waals surface area contributed by atoms with Gasteiger partial charge in [0.05, 0.1) is 6.61 Å². The van der Waals surface area contributed by atoms with Crippen molar-refractivity contribution in [2.24, 2.45) is 0 Å². The summed E-state index contributed by atoms with van der Waals surface area (Å²) in [6.07, 6.45) is 8.17. The molecule has 1 aromatic rings. The fourth-order valence-electron chi connectivity index (χ4n) is 1.94. The number of nitriles is 1. The van der Waals surface area contributed by atoms with Crippen LogP contribution in [-0.4, -0.2) is 12.6 Å². The van der Waals surface area contributed by atoms with Gasteiger partial charge in [0.25, 0.3) is 0 Å². The van der Waals surface area contributed by atoms with Gasteiger partial charge in [-0.25, -0.2) is 4.79 Å². The van der Waals surface area contributed by atoms with Crippen molar-refractivity contribution in [3.8, 4) is 6.07 Å². The Bertz CT molecular complexity index is 508. The summed E-state index contributed by atoms with van der Waals surface area (Å²) in [5, 5.41) is 9.00. The van der Waals surface area contributed by atoms with Gasteiger partial charge in [-0.05, 0) is 25.5 Å². The first-order valence-electron chi connectivity index (χ1n) is 7.52.